The van der Waals surface area contributed by atoms with E-state index in [1.807, 2.05) is 18.3 Å². The molecule has 0 saturated heterocycles. The Morgan fingerprint density at radius 3 is 2.92 bits per heavy atom. The van der Waals surface area contributed by atoms with E-state index in [1.165, 1.54) is 22.1 Å². The molecule has 4 aromatic rings. The molecule has 2 aromatic heterocycles. The number of aryl methyl sites for hydroxylation is 1. The summed E-state index contributed by atoms with van der Waals surface area (Å²) in [5.41, 5.74) is 4.82. The van der Waals surface area contributed by atoms with Gasteiger partial charge in [-0.05, 0) is 24.1 Å². The smallest absolute Gasteiger partial charge is 0.276 e. The van der Waals surface area contributed by atoms with Crippen LogP contribution in [0.5, 0.6) is 0 Å². The van der Waals surface area contributed by atoms with E-state index in [9.17, 15) is 0 Å². The Bertz CT molecular complexity index is 973. The van der Waals surface area contributed by atoms with Crippen LogP contribution in [-0.2, 0) is 12.2 Å². The zero-order valence-corrected chi connectivity index (χ0v) is 14.1. The average molecular weight is 335 g/mol. The largest absolute Gasteiger partial charge is 0.416 e. The van der Waals surface area contributed by atoms with Crippen molar-refractivity contribution in [3.63, 3.8) is 0 Å². The molecule has 0 aliphatic carbocycles. The van der Waals surface area contributed by atoms with Gasteiger partial charge in [-0.15, -0.1) is 10.2 Å². The van der Waals surface area contributed by atoms with Crippen molar-refractivity contribution < 1.29 is 4.42 Å². The fourth-order valence-electron chi connectivity index (χ4n) is 2.76. The number of hydrogen-bond donors (Lipinski definition) is 1. The number of fused-ring (bicyclic) bond motifs is 1. The van der Waals surface area contributed by atoms with Crippen molar-refractivity contribution in [1.29, 1.82) is 0 Å². The summed E-state index contributed by atoms with van der Waals surface area (Å²) in [5, 5.41) is 10.1. The van der Waals surface area contributed by atoms with Gasteiger partial charge in [-0.25, -0.2) is 0 Å². The van der Waals surface area contributed by atoms with Crippen LogP contribution in [0.4, 0.5) is 0 Å². The summed E-state index contributed by atoms with van der Waals surface area (Å²) in [5.74, 6) is 1.47. The lowest BCUT2D eigenvalue weighted by Gasteiger charge is -1.99. The molecule has 4 rings (SSSR count). The number of aromatic amines is 1. The van der Waals surface area contributed by atoms with Crippen molar-refractivity contribution in [3.8, 4) is 0 Å². The molecule has 0 aliphatic heterocycles. The van der Waals surface area contributed by atoms with Gasteiger partial charge in [-0.3, -0.25) is 0 Å². The Kier molecular flexibility index (Phi) is 4.09. The van der Waals surface area contributed by atoms with Crippen molar-refractivity contribution in [1.82, 2.24) is 15.2 Å². The molecule has 5 heteroatoms. The first-order chi connectivity index (χ1) is 11.8. The summed E-state index contributed by atoms with van der Waals surface area (Å²) in [6.45, 7) is 2.10. The summed E-state index contributed by atoms with van der Waals surface area (Å²) in [6, 6.07) is 16.7. The van der Waals surface area contributed by atoms with Crippen molar-refractivity contribution in [3.05, 3.63) is 77.3 Å². The van der Waals surface area contributed by atoms with E-state index in [4.69, 9.17) is 4.42 Å². The first-order valence-corrected chi connectivity index (χ1v) is 8.82. The van der Waals surface area contributed by atoms with E-state index in [-0.39, 0.29) is 0 Å². The van der Waals surface area contributed by atoms with Crippen LogP contribution in [0.15, 0.2) is 64.4 Å². The van der Waals surface area contributed by atoms with Gasteiger partial charge in [0.05, 0.1) is 6.42 Å². The molecule has 2 aromatic carbocycles. The van der Waals surface area contributed by atoms with E-state index < -0.39 is 0 Å². The van der Waals surface area contributed by atoms with Gasteiger partial charge in [0, 0.05) is 22.9 Å². The number of benzene rings is 2. The molecule has 0 fully saturated rings. The maximum absolute atomic E-state index is 5.78. The highest BCUT2D eigenvalue weighted by atomic mass is 32.2. The van der Waals surface area contributed by atoms with Gasteiger partial charge in [-0.2, -0.15) is 0 Å². The monoisotopic (exact) mass is 335 g/mol. The number of thioether (sulfide) groups is 1. The van der Waals surface area contributed by atoms with Gasteiger partial charge in [0.1, 0.15) is 0 Å². The van der Waals surface area contributed by atoms with E-state index in [0.29, 0.717) is 17.5 Å². The summed E-state index contributed by atoms with van der Waals surface area (Å²) < 4.78 is 5.78. The van der Waals surface area contributed by atoms with Crippen molar-refractivity contribution >= 4 is 22.7 Å². The standard InChI is InChI=1S/C19H17N3OS/c1-13-5-4-6-14(9-13)12-24-19-22-21-18(23-19)10-15-11-20-17-8-3-2-7-16(15)17/h2-9,11,20H,10,12H2,1H3. The van der Waals surface area contributed by atoms with E-state index >= 15 is 0 Å². The number of rotatable bonds is 5. The molecule has 0 spiro atoms. The third-order valence-corrected chi connectivity index (χ3v) is 4.80. The molecular formula is C19H17N3OS. The van der Waals surface area contributed by atoms with Crippen molar-refractivity contribution in [2.45, 2.75) is 24.3 Å². The van der Waals surface area contributed by atoms with Crippen LogP contribution >= 0.6 is 11.8 Å². The summed E-state index contributed by atoms with van der Waals surface area (Å²) >= 11 is 1.57. The molecule has 4 nitrogen and oxygen atoms in total. The summed E-state index contributed by atoms with van der Waals surface area (Å²) in [6.07, 6.45) is 2.65. The Morgan fingerprint density at radius 2 is 2.00 bits per heavy atom. The Hall–Kier alpha value is -2.53. The zero-order valence-electron chi connectivity index (χ0n) is 13.3. The van der Waals surface area contributed by atoms with Crippen LogP contribution in [-0.4, -0.2) is 15.2 Å². The summed E-state index contributed by atoms with van der Waals surface area (Å²) in [4.78, 5) is 3.27. The van der Waals surface area contributed by atoms with Gasteiger partial charge < -0.3 is 9.40 Å². The number of para-hydroxylation sites is 1. The predicted octanol–water partition coefficient (Wildman–Crippen LogP) is 4.74. The first-order valence-electron chi connectivity index (χ1n) is 7.83. The summed E-state index contributed by atoms with van der Waals surface area (Å²) in [7, 11) is 0. The molecule has 0 aliphatic rings. The number of aromatic nitrogens is 3. The molecule has 24 heavy (non-hydrogen) atoms. The second kappa shape index (κ2) is 6.53. The maximum atomic E-state index is 5.78. The molecule has 1 N–H and O–H groups in total. The minimum Gasteiger partial charge on any atom is -0.416 e. The second-order valence-corrected chi connectivity index (χ2v) is 6.70. The third kappa shape index (κ3) is 3.21. The molecule has 0 bridgehead atoms. The third-order valence-electron chi connectivity index (χ3n) is 3.91. The van der Waals surface area contributed by atoms with Crippen LogP contribution < -0.4 is 0 Å². The molecule has 0 unspecified atom stereocenters. The lowest BCUT2D eigenvalue weighted by atomic mass is 10.1. The second-order valence-electron chi connectivity index (χ2n) is 5.78. The highest BCUT2D eigenvalue weighted by Crippen LogP contribution is 2.24. The number of hydrogen-bond acceptors (Lipinski definition) is 4. The molecule has 120 valence electrons. The fraction of sp³-hybridized carbons (Fsp3) is 0.158. The lowest BCUT2D eigenvalue weighted by molar-refractivity contribution is 0.420. The highest BCUT2D eigenvalue weighted by molar-refractivity contribution is 7.98. The number of nitrogens with zero attached hydrogens (tertiary/aromatic N) is 2. The van der Waals surface area contributed by atoms with Crippen LogP contribution in [0.1, 0.15) is 22.6 Å². The van der Waals surface area contributed by atoms with Crippen LogP contribution in [0.3, 0.4) is 0 Å². The predicted molar refractivity (Wildman–Crippen MR) is 96.1 cm³/mol. The minimum atomic E-state index is 0.617. The van der Waals surface area contributed by atoms with Crippen molar-refractivity contribution in [2.75, 3.05) is 0 Å². The van der Waals surface area contributed by atoms with Gasteiger partial charge >= 0.3 is 0 Å². The molecule has 0 saturated carbocycles. The molecule has 0 radical (unpaired) electrons. The van der Waals surface area contributed by atoms with Gasteiger partial charge in [0.2, 0.25) is 5.89 Å². The molecule has 0 atom stereocenters. The number of nitrogens with one attached hydrogen (secondary N) is 1. The van der Waals surface area contributed by atoms with E-state index in [2.05, 4.69) is 58.5 Å². The topological polar surface area (TPSA) is 54.7 Å². The van der Waals surface area contributed by atoms with Crippen LogP contribution in [0.2, 0.25) is 0 Å². The highest BCUT2D eigenvalue weighted by Gasteiger charge is 2.11. The Labute approximate surface area is 144 Å². The van der Waals surface area contributed by atoms with E-state index in [0.717, 1.165) is 11.3 Å². The minimum absolute atomic E-state index is 0.617. The van der Waals surface area contributed by atoms with Gasteiger partial charge in [0.15, 0.2) is 0 Å². The Morgan fingerprint density at radius 1 is 1.08 bits per heavy atom. The molecule has 0 amide bonds. The lowest BCUT2D eigenvalue weighted by Crippen LogP contribution is -1.86. The quantitative estimate of drug-likeness (QED) is 0.535. The van der Waals surface area contributed by atoms with E-state index in [1.54, 1.807) is 11.8 Å². The fourth-order valence-corrected chi connectivity index (χ4v) is 3.48. The van der Waals surface area contributed by atoms with Gasteiger partial charge in [-0.1, -0.05) is 59.8 Å². The van der Waals surface area contributed by atoms with Crippen LogP contribution in [0, 0.1) is 6.92 Å². The zero-order chi connectivity index (χ0) is 16.4. The average Bonchev–Trinajstić information content (AvgIpc) is 3.21. The normalized spacial score (nSPS) is 11.2. The van der Waals surface area contributed by atoms with Crippen LogP contribution in [0.25, 0.3) is 10.9 Å². The number of H-pyrrole nitrogens is 1. The molecular weight excluding hydrogens is 318 g/mol. The van der Waals surface area contributed by atoms with Crippen molar-refractivity contribution in [2.24, 2.45) is 0 Å². The Balaban J connectivity index is 1.45. The molecule has 2 heterocycles. The SMILES string of the molecule is Cc1cccc(CSc2nnc(Cc3c[nH]c4ccccc34)o2)c1. The van der Waals surface area contributed by atoms with Gasteiger partial charge in [0.25, 0.3) is 5.22 Å². The first kappa shape index (κ1) is 15.0. The maximum Gasteiger partial charge on any atom is 0.276 e.